The molecule has 8 heteroatoms. The Balaban J connectivity index is 1.83. The number of nitro groups is 1. The summed E-state index contributed by atoms with van der Waals surface area (Å²) in [6.07, 6.45) is 3.32. The quantitative estimate of drug-likeness (QED) is 0.328. The minimum Gasteiger partial charge on any atom is -0.322 e. The standard InChI is InChI=1S/C23H17ClN4O3/c1-13-11-16(28(30)31)3-6-20(13)27-23(29)18-12-21(15-7-9-25-10-8-15)26-22-14(2)19(24)5-4-17(18)22/h3-12H,1-2H3,(H,27,29). The summed E-state index contributed by atoms with van der Waals surface area (Å²) in [5, 5.41) is 15.1. The van der Waals surface area contributed by atoms with Crippen molar-refractivity contribution >= 4 is 39.8 Å². The van der Waals surface area contributed by atoms with E-state index in [1.165, 1.54) is 18.2 Å². The van der Waals surface area contributed by atoms with E-state index >= 15 is 0 Å². The largest absolute Gasteiger partial charge is 0.322 e. The summed E-state index contributed by atoms with van der Waals surface area (Å²) in [7, 11) is 0. The van der Waals surface area contributed by atoms with Gasteiger partial charge in [-0.25, -0.2) is 4.98 Å². The highest BCUT2D eigenvalue weighted by atomic mass is 35.5. The molecular weight excluding hydrogens is 416 g/mol. The highest BCUT2D eigenvalue weighted by Crippen LogP contribution is 2.31. The van der Waals surface area contributed by atoms with Crippen LogP contribution < -0.4 is 5.32 Å². The second-order valence-electron chi connectivity index (χ2n) is 7.07. The fourth-order valence-electron chi connectivity index (χ4n) is 3.35. The van der Waals surface area contributed by atoms with Gasteiger partial charge in [-0.05, 0) is 55.3 Å². The van der Waals surface area contributed by atoms with E-state index in [1.54, 1.807) is 37.5 Å². The number of rotatable bonds is 4. The van der Waals surface area contributed by atoms with Crippen LogP contribution in [0.4, 0.5) is 11.4 Å². The molecule has 0 fully saturated rings. The third kappa shape index (κ3) is 3.95. The van der Waals surface area contributed by atoms with E-state index in [0.29, 0.717) is 38.4 Å². The van der Waals surface area contributed by atoms with E-state index < -0.39 is 4.92 Å². The maximum atomic E-state index is 13.3. The summed E-state index contributed by atoms with van der Waals surface area (Å²) < 4.78 is 0. The molecule has 2 aromatic carbocycles. The number of nitro benzene ring substituents is 1. The normalized spacial score (nSPS) is 10.8. The van der Waals surface area contributed by atoms with Gasteiger partial charge in [-0.2, -0.15) is 0 Å². The molecular formula is C23H17ClN4O3. The Labute approximate surface area is 182 Å². The van der Waals surface area contributed by atoms with Crippen molar-refractivity contribution in [3.63, 3.8) is 0 Å². The molecule has 4 rings (SSSR count). The minimum absolute atomic E-state index is 0.0323. The van der Waals surface area contributed by atoms with E-state index in [4.69, 9.17) is 16.6 Å². The molecule has 0 saturated carbocycles. The molecule has 4 aromatic rings. The number of non-ortho nitro benzene ring substituents is 1. The highest BCUT2D eigenvalue weighted by molar-refractivity contribution is 6.32. The number of amides is 1. The predicted molar refractivity (Wildman–Crippen MR) is 121 cm³/mol. The van der Waals surface area contributed by atoms with Gasteiger partial charge in [0.15, 0.2) is 0 Å². The maximum Gasteiger partial charge on any atom is 0.269 e. The van der Waals surface area contributed by atoms with Crippen molar-refractivity contribution < 1.29 is 9.72 Å². The van der Waals surface area contributed by atoms with Crippen LogP contribution in [-0.4, -0.2) is 20.8 Å². The molecule has 0 unspecified atom stereocenters. The molecule has 1 N–H and O–H groups in total. The number of nitrogens with zero attached hydrogens (tertiary/aromatic N) is 3. The lowest BCUT2D eigenvalue weighted by molar-refractivity contribution is -0.384. The second kappa shape index (κ2) is 8.12. The first-order valence-corrected chi connectivity index (χ1v) is 9.79. The highest BCUT2D eigenvalue weighted by Gasteiger charge is 2.18. The molecule has 0 aliphatic rings. The molecule has 0 atom stereocenters. The van der Waals surface area contributed by atoms with Gasteiger partial charge in [0.05, 0.1) is 21.7 Å². The number of carbonyl (C=O) groups excluding carboxylic acids is 1. The Kier molecular flexibility index (Phi) is 5.35. The molecule has 2 heterocycles. The Hall–Kier alpha value is -3.84. The number of aryl methyl sites for hydroxylation is 2. The number of benzene rings is 2. The fraction of sp³-hybridized carbons (Fsp3) is 0.0870. The van der Waals surface area contributed by atoms with Crippen molar-refractivity contribution in [2.75, 3.05) is 5.32 Å². The molecule has 31 heavy (non-hydrogen) atoms. The number of nitrogens with one attached hydrogen (secondary N) is 1. The molecule has 0 spiro atoms. The second-order valence-corrected chi connectivity index (χ2v) is 7.48. The van der Waals surface area contributed by atoms with Gasteiger partial charge in [0.2, 0.25) is 0 Å². The SMILES string of the molecule is Cc1cc([N+](=O)[O-])ccc1NC(=O)c1cc(-c2ccncc2)nc2c(C)c(Cl)ccc12. The van der Waals surface area contributed by atoms with Gasteiger partial charge in [0.1, 0.15) is 0 Å². The number of pyridine rings is 2. The average Bonchev–Trinajstić information content (AvgIpc) is 2.77. The van der Waals surface area contributed by atoms with E-state index in [1.807, 2.05) is 19.1 Å². The molecule has 0 radical (unpaired) electrons. The summed E-state index contributed by atoms with van der Waals surface area (Å²) >= 11 is 6.30. The lowest BCUT2D eigenvalue weighted by Crippen LogP contribution is -2.14. The summed E-state index contributed by atoms with van der Waals surface area (Å²) in [5.41, 5.74) is 4.32. The summed E-state index contributed by atoms with van der Waals surface area (Å²) in [6, 6.07) is 13.2. The van der Waals surface area contributed by atoms with E-state index in [9.17, 15) is 14.9 Å². The lowest BCUT2D eigenvalue weighted by atomic mass is 10.0. The van der Waals surface area contributed by atoms with Crippen LogP contribution in [0.2, 0.25) is 5.02 Å². The molecule has 0 aliphatic heterocycles. The van der Waals surface area contributed by atoms with Gasteiger partial charge in [-0.15, -0.1) is 0 Å². The van der Waals surface area contributed by atoms with Crippen molar-refractivity contribution in [3.05, 3.63) is 92.8 Å². The Morgan fingerprint density at radius 1 is 1.06 bits per heavy atom. The van der Waals surface area contributed by atoms with Crippen molar-refractivity contribution in [1.29, 1.82) is 0 Å². The van der Waals surface area contributed by atoms with Crippen molar-refractivity contribution in [1.82, 2.24) is 9.97 Å². The molecule has 1 amide bonds. The van der Waals surface area contributed by atoms with E-state index in [0.717, 1.165) is 11.1 Å². The van der Waals surface area contributed by atoms with Crippen LogP contribution in [0.3, 0.4) is 0 Å². The van der Waals surface area contributed by atoms with Gasteiger partial charge < -0.3 is 5.32 Å². The third-order valence-corrected chi connectivity index (χ3v) is 5.47. The van der Waals surface area contributed by atoms with Gasteiger partial charge in [-0.1, -0.05) is 17.7 Å². The molecule has 0 bridgehead atoms. The van der Waals surface area contributed by atoms with Crippen LogP contribution in [0.1, 0.15) is 21.5 Å². The van der Waals surface area contributed by atoms with Gasteiger partial charge in [-0.3, -0.25) is 19.9 Å². The van der Waals surface area contributed by atoms with E-state index in [2.05, 4.69) is 10.3 Å². The zero-order chi connectivity index (χ0) is 22.1. The molecule has 0 aliphatic carbocycles. The summed E-state index contributed by atoms with van der Waals surface area (Å²) in [4.78, 5) is 32.5. The van der Waals surface area contributed by atoms with Gasteiger partial charge in [0.25, 0.3) is 11.6 Å². The van der Waals surface area contributed by atoms with Crippen LogP contribution in [0.15, 0.2) is 60.9 Å². The number of carbonyl (C=O) groups is 1. The molecule has 2 aromatic heterocycles. The fourth-order valence-corrected chi connectivity index (χ4v) is 3.51. The van der Waals surface area contributed by atoms with E-state index in [-0.39, 0.29) is 11.6 Å². The first-order valence-electron chi connectivity index (χ1n) is 9.42. The van der Waals surface area contributed by atoms with Crippen molar-refractivity contribution in [2.24, 2.45) is 0 Å². The lowest BCUT2D eigenvalue weighted by Gasteiger charge is -2.13. The monoisotopic (exact) mass is 432 g/mol. The Bertz CT molecular complexity index is 1340. The smallest absolute Gasteiger partial charge is 0.269 e. The summed E-state index contributed by atoms with van der Waals surface area (Å²) in [6.45, 7) is 3.57. The number of hydrogen-bond donors (Lipinski definition) is 1. The number of fused-ring (bicyclic) bond motifs is 1. The average molecular weight is 433 g/mol. The van der Waals surface area contributed by atoms with Crippen molar-refractivity contribution in [2.45, 2.75) is 13.8 Å². The van der Waals surface area contributed by atoms with Crippen LogP contribution >= 0.6 is 11.6 Å². The number of aromatic nitrogens is 2. The zero-order valence-corrected chi connectivity index (χ0v) is 17.5. The maximum absolute atomic E-state index is 13.3. The number of anilines is 1. The van der Waals surface area contributed by atoms with Gasteiger partial charge in [0, 0.05) is 46.2 Å². The number of halogens is 1. The number of hydrogen-bond acceptors (Lipinski definition) is 5. The third-order valence-electron chi connectivity index (χ3n) is 5.06. The van der Waals surface area contributed by atoms with Crippen LogP contribution in [0, 0.1) is 24.0 Å². The zero-order valence-electron chi connectivity index (χ0n) is 16.7. The Morgan fingerprint density at radius 3 is 2.48 bits per heavy atom. The van der Waals surface area contributed by atoms with Crippen LogP contribution in [-0.2, 0) is 0 Å². The van der Waals surface area contributed by atoms with Crippen LogP contribution in [0.25, 0.3) is 22.2 Å². The predicted octanol–water partition coefficient (Wildman–Crippen LogP) is 5.73. The molecule has 154 valence electrons. The Morgan fingerprint density at radius 2 is 1.81 bits per heavy atom. The molecule has 7 nitrogen and oxygen atoms in total. The topological polar surface area (TPSA) is 98.0 Å². The first-order chi connectivity index (χ1) is 14.8. The first kappa shape index (κ1) is 20.4. The van der Waals surface area contributed by atoms with Gasteiger partial charge >= 0.3 is 0 Å². The molecule has 0 saturated heterocycles. The minimum atomic E-state index is -0.470. The van der Waals surface area contributed by atoms with Crippen LogP contribution in [0.5, 0.6) is 0 Å². The summed E-state index contributed by atoms with van der Waals surface area (Å²) in [5.74, 6) is -0.346. The van der Waals surface area contributed by atoms with Crippen molar-refractivity contribution in [3.8, 4) is 11.3 Å².